The number of hydrogen-bond acceptors (Lipinski definition) is 4. The number of benzene rings is 3. The van der Waals surface area contributed by atoms with Crippen LogP contribution < -0.4 is 9.47 Å². The van der Waals surface area contributed by atoms with E-state index in [1.54, 1.807) is 30.3 Å². The van der Waals surface area contributed by atoms with Crippen molar-refractivity contribution >= 4 is 10.9 Å². The number of hydrogen-bond donors (Lipinski definition) is 1. The summed E-state index contributed by atoms with van der Waals surface area (Å²) >= 11 is 0. The number of aromatic nitrogens is 2. The van der Waals surface area contributed by atoms with Crippen molar-refractivity contribution in [3.8, 4) is 17.2 Å². The molecule has 0 aliphatic heterocycles. The lowest BCUT2D eigenvalue weighted by Gasteiger charge is -2.31. The van der Waals surface area contributed by atoms with E-state index in [1.165, 1.54) is 29.1 Å². The van der Waals surface area contributed by atoms with Gasteiger partial charge in [0, 0.05) is 5.39 Å². The summed E-state index contributed by atoms with van der Waals surface area (Å²) in [7, 11) is 0. The molecule has 4 rings (SSSR count). The van der Waals surface area contributed by atoms with Gasteiger partial charge in [-0.1, -0.05) is 36.4 Å². The monoisotopic (exact) mass is 482 g/mol. The molecule has 1 aromatic heterocycles. The maximum absolute atomic E-state index is 14.0. The first-order valence-corrected chi connectivity index (χ1v) is 9.78. The van der Waals surface area contributed by atoms with Crippen LogP contribution in [0, 0.1) is 0 Å². The van der Waals surface area contributed by atoms with Gasteiger partial charge in [0.05, 0.1) is 17.4 Å². The second-order valence-electron chi connectivity index (χ2n) is 7.31. The number of alkyl halides is 6. The molecule has 34 heavy (non-hydrogen) atoms. The van der Waals surface area contributed by atoms with Gasteiger partial charge in [-0.05, 0) is 42.0 Å². The molecule has 0 radical (unpaired) electrons. The molecule has 1 heterocycles. The molecular formula is C23H16F6N2O3. The van der Waals surface area contributed by atoms with Crippen LogP contribution in [0.1, 0.15) is 5.56 Å². The second kappa shape index (κ2) is 8.56. The fraction of sp³-hybridized carbons (Fsp3) is 0.174. The van der Waals surface area contributed by atoms with Gasteiger partial charge in [-0.2, -0.15) is 18.3 Å². The Morgan fingerprint density at radius 3 is 2.12 bits per heavy atom. The highest BCUT2D eigenvalue weighted by Crippen LogP contribution is 2.41. The molecule has 0 bridgehead atoms. The number of nitrogens with zero attached hydrogens (tertiary/aromatic N) is 2. The van der Waals surface area contributed by atoms with E-state index in [1.807, 2.05) is 0 Å². The van der Waals surface area contributed by atoms with Crippen molar-refractivity contribution in [3.63, 3.8) is 0 Å². The molecule has 0 spiro atoms. The molecule has 0 aliphatic carbocycles. The van der Waals surface area contributed by atoms with Crippen LogP contribution in [0.4, 0.5) is 26.3 Å². The largest absolute Gasteiger partial charge is 0.573 e. The zero-order valence-corrected chi connectivity index (χ0v) is 17.1. The molecule has 4 aromatic rings. The van der Waals surface area contributed by atoms with Gasteiger partial charge in [-0.25, -0.2) is 4.68 Å². The van der Waals surface area contributed by atoms with Crippen molar-refractivity contribution in [2.24, 2.45) is 0 Å². The fourth-order valence-corrected chi connectivity index (χ4v) is 3.35. The van der Waals surface area contributed by atoms with Gasteiger partial charge in [0.15, 0.2) is 11.5 Å². The van der Waals surface area contributed by atoms with Crippen LogP contribution in [0.5, 0.6) is 11.5 Å². The zero-order valence-electron chi connectivity index (χ0n) is 17.1. The Labute approximate surface area is 188 Å². The van der Waals surface area contributed by atoms with E-state index in [2.05, 4.69) is 9.84 Å². The summed E-state index contributed by atoms with van der Waals surface area (Å²) in [5.41, 5.74) is -2.92. The molecule has 0 saturated heterocycles. The average Bonchev–Trinajstić information content (AvgIpc) is 3.20. The van der Waals surface area contributed by atoms with Gasteiger partial charge in [0.1, 0.15) is 6.61 Å². The van der Waals surface area contributed by atoms with Crippen LogP contribution in [0.2, 0.25) is 0 Å². The molecule has 0 aliphatic rings. The first kappa shape index (κ1) is 23.4. The van der Waals surface area contributed by atoms with Crippen molar-refractivity contribution < 1.29 is 40.9 Å². The van der Waals surface area contributed by atoms with E-state index in [9.17, 15) is 31.4 Å². The van der Waals surface area contributed by atoms with Crippen LogP contribution in [0.25, 0.3) is 16.6 Å². The molecule has 1 atom stereocenters. The molecule has 0 saturated carbocycles. The zero-order chi connectivity index (χ0) is 24.6. The topological polar surface area (TPSA) is 56.5 Å². The summed E-state index contributed by atoms with van der Waals surface area (Å²) in [5, 5.41) is 15.1. The highest BCUT2D eigenvalue weighted by Gasteiger charge is 2.56. The molecule has 0 amide bonds. The normalized spacial score (nSPS) is 14.1. The average molecular weight is 482 g/mol. The summed E-state index contributed by atoms with van der Waals surface area (Å²) in [5.74, 6) is -1.44. The minimum absolute atomic E-state index is 0.310. The van der Waals surface area contributed by atoms with E-state index < -0.39 is 41.8 Å². The fourth-order valence-electron chi connectivity index (χ4n) is 3.35. The van der Waals surface area contributed by atoms with E-state index in [0.29, 0.717) is 16.6 Å². The lowest BCUT2D eigenvalue weighted by atomic mass is 9.93. The lowest BCUT2D eigenvalue weighted by Crippen LogP contribution is -2.47. The highest BCUT2D eigenvalue weighted by molar-refractivity contribution is 5.81. The smallest absolute Gasteiger partial charge is 0.486 e. The second-order valence-corrected chi connectivity index (χ2v) is 7.31. The number of para-hydroxylation sites is 3. The molecule has 11 heteroatoms. The summed E-state index contributed by atoms with van der Waals surface area (Å²) in [6, 6.07) is 16.8. The van der Waals surface area contributed by atoms with Gasteiger partial charge in [-0.3, -0.25) is 0 Å². The van der Waals surface area contributed by atoms with Gasteiger partial charge < -0.3 is 14.6 Å². The molecule has 178 valence electrons. The Balaban J connectivity index is 1.67. The Bertz CT molecular complexity index is 1290. The predicted molar refractivity (Wildman–Crippen MR) is 110 cm³/mol. The van der Waals surface area contributed by atoms with Gasteiger partial charge in [0.25, 0.3) is 0 Å². The van der Waals surface area contributed by atoms with E-state index >= 15 is 0 Å². The van der Waals surface area contributed by atoms with Crippen molar-refractivity contribution in [2.75, 3.05) is 6.61 Å². The summed E-state index contributed by atoms with van der Waals surface area (Å²) < 4.78 is 90.1. The number of aliphatic hydroxyl groups is 1. The van der Waals surface area contributed by atoms with E-state index in [0.717, 1.165) is 24.3 Å². The Hall–Kier alpha value is -3.73. The third-order valence-electron chi connectivity index (χ3n) is 5.03. The van der Waals surface area contributed by atoms with E-state index in [-0.39, 0.29) is 0 Å². The van der Waals surface area contributed by atoms with Crippen LogP contribution in [-0.2, 0) is 5.60 Å². The van der Waals surface area contributed by atoms with Crippen molar-refractivity contribution in [2.45, 2.75) is 18.1 Å². The van der Waals surface area contributed by atoms with Crippen LogP contribution in [-0.4, -0.2) is 34.0 Å². The maximum Gasteiger partial charge on any atom is 0.573 e. The SMILES string of the molecule is OC(COc1ccccc1OC(F)(F)F)(c1ccc2c(cnn2-c2ccccc2)c1)C(F)(F)F. The van der Waals surface area contributed by atoms with Gasteiger partial charge in [0.2, 0.25) is 5.60 Å². The molecule has 1 unspecified atom stereocenters. The molecular weight excluding hydrogens is 466 g/mol. The first-order chi connectivity index (χ1) is 16.0. The van der Waals surface area contributed by atoms with Crippen molar-refractivity contribution in [3.05, 3.63) is 84.6 Å². The third kappa shape index (κ3) is 4.65. The maximum atomic E-state index is 14.0. The summed E-state index contributed by atoms with van der Waals surface area (Å²) in [6.45, 7) is -1.41. The van der Waals surface area contributed by atoms with Crippen molar-refractivity contribution in [1.29, 1.82) is 0 Å². The Kier molecular flexibility index (Phi) is 5.90. The third-order valence-corrected chi connectivity index (χ3v) is 5.03. The minimum Gasteiger partial charge on any atom is -0.486 e. The number of halogens is 6. The van der Waals surface area contributed by atoms with E-state index in [4.69, 9.17) is 4.74 Å². The van der Waals surface area contributed by atoms with Crippen LogP contribution in [0.15, 0.2) is 79.0 Å². The Morgan fingerprint density at radius 1 is 0.824 bits per heavy atom. The number of ether oxygens (including phenoxy) is 2. The number of rotatable bonds is 6. The lowest BCUT2D eigenvalue weighted by molar-refractivity contribution is -0.279. The van der Waals surface area contributed by atoms with Gasteiger partial charge >= 0.3 is 12.5 Å². The van der Waals surface area contributed by atoms with Crippen molar-refractivity contribution in [1.82, 2.24) is 9.78 Å². The minimum atomic E-state index is -5.21. The van der Waals surface area contributed by atoms with Gasteiger partial charge in [-0.15, -0.1) is 13.2 Å². The quantitative estimate of drug-likeness (QED) is 0.356. The predicted octanol–water partition coefficient (Wildman–Crippen LogP) is 5.75. The van der Waals surface area contributed by atoms with Crippen LogP contribution in [0.3, 0.4) is 0 Å². The summed E-state index contributed by atoms with van der Waals surface area (Å²) in [4.78, 5) is 0. The molecule has 0 fully saturated rings. The molecule has 5 nitrogen and oxygen atoms in total. The highest BCUT2D eigenvalue weighted by atomic mass is 19.4. The number of fused-ring (bicyclic) bond motifs is 1. The van der Waals surface area contributed by atoms with Crippen LogP contribution >= 0.6 is 0 Å². The molecule has 1 N–H and O–H groups in total. The standard InChI is InChI=1S/C23H16F6N2O3/c24-22(25,26)21(32,14-33-19-8-4-5-9-20(19)34-23(27,28)29)16-10-11-18-15(12-16)13-30-31(18)17-6-2-1-3-7-17/h1-13,32H,14H2. The summed E-state index contributed by atoms with van der Waals surface area (Å²) in [6.07, 6.45) is -8.95. The first-order valence-electron chi connectivity index (χ1n) is 9.78. The molecule has 3 aromatic carbocycles. The Morgan fingerprint density at radius 2 is 1.47 bits per heavy atom.